The number of phenols is 1. The summed E-state index contributed by atoms with van der Waals surface area (Å²) in [4.78, 5) is 0. The molecule has 0 amide bonds. The van der Waals surface area contributed by atoms with E-state index in [0.717, 1.165) is 5.56 Å². The van der Waals surface area contributed by atoms with Crippen molar-refractivity contribution in [1.29, 1.82) is 0 Å². The maximum atomic E-state index is 8.97. The molecule has 0 fully saturated rings. The van der Waals surface area contributed by atoms with Gasteiger partial charge in [0.2, 0.25) is 0 Å². The summed E-state index contributed by atoms with van der Waals surface area (Å²) in [5.41, 5.74) is 1.06. The highest BCUT2D eigenvalue weighted by molar-refractivity contribution is 8.11. The molecule has 12 heavy (non-hydrogen) atoms. The summed E-state index contributed by atoms with van der Waals surface area (Å²) >= 11 is 8.64. The van der Waals surface area contributed by atoms with E-state index in [1.54, 1.807) is 12.1 Å². The first-order chi connectivity index (χ1) is 5.68. The van der Waals surface area contributed by atoms with Crippen molar-refractivity contribution in [2.75, 3.05) is 0 Å². The molecule has 0 saturated carbocycles. The molecule has 0 bridgehead atoms. The summed E-state index contributed by atoms with van der Waals surface area (Å²) in [7, 11) is 0. The number of nitrogens with one attached hydrogen (secondary N) is 1. The van der Waals surface area contributed by atoms with E-state index in [-0.39, 0.29) is 5.75 Å². The summed E-state index contributed by atoms with van der Waals surface area (Å²) < 4.78 is 0.475. The third-order valence-electron chi connectivity index (χ3n) is 1.38. The molecule has 2 nitrogen and oxygen atoms in total. The monoisotopic (exact) mass is 199 g/mol. The molecule has 0 unspecified atom stereocenters. The number of benzene rings is 1. The fourth-order valence-electron chi connectivity index (χ4n) is 0.791. The SMILES string of the molecule is Oc1ccc(CNC(=S)S)cc1. The molecule has 64 valence electrons. The molecule has 2 N–H and O–H groups in total. The van der Waals surface area contributed by atoms with Crippen LogP contribution in [0.15, 0.2) is 24.3 Å². The second-order valence-electron chi connectivity index (χ2n) is 2.33. The van der Waals surface area contributed by atoms with Crippen molar-refractivity contribution in [3.63, 3.8) is 0 Å². The lowest BCUT2D eigenvalue weighted by atomic mass is 10.2. The average Bonchev–Trinajstić information content (AvgIpc) is 2.03. The third-order valence-corrected chi connectivity index (χ3v) is 1.68. The molecular weight excluding hydrogens is 190 g/mol. The Morgan fingerprint density at radius 3 is 2.50 bits per heavy atom. The maximum absolute atomic E-state index is 8.97. The maximum Gasteiger partial charge on any atom is 0.130 e. The smallest absolute Gasteiger partial charge is 0.130 e. The quantitative estimate of drug-likeness (QED) is 0.501. The normalized spacial score (nSPS) is 9.42. The van der Waals surface area contributed by atoms with Crippen molar-refractivity contribution in [1.82, 2.24) is 5.32 Å². The van der Waals surface area contributed by atoms with Crippen molar-refractivity contribution >= 4 is 29.2 Å². The molecule has 0 radical (unpaired) electrons. The number of thiol groups is 1. The second kappa shape index (κ2) is 4.33. The van der Waals surface area contributed by atoms with Gasteiger partial charge in [-0.3, -0.25) is 0 Å². The van der Waals surface area contributed by atoms with Crippen LogP contribution in [0.2, 0.25) is 0 Å². The van der Waals surface area contributed by atoms with Gasteiger partial charge < -0.3 is 10.4 Å². The van der Waals surface area contributed by atoms with E-state index in [4.69, 9.17) is 17.3 Å². The van der Waals surface area contributed by atoms with E-state index in [2.05, 4.69) is 17.9 Å². The van der Waals surface area contributed by atoms with Gasteiger partial charge in [0.25, 0.3) is 0 Å². The van der Waals surface area contributed by atoms with E-state index in [1.807, 2.05) is 12.1 Å². The summed E-state index contributed by atoms with van der Waals surface area (Å²) in [5, 5.41) is 11.9. The number of phenolic OH excluding ortho intramolecular Hbond substituents is 1. The summed E-state index contributed by atoms with van der Waals surface area (Å²) in [6.45, 7) is 0.641. The van der Waals surface area contributed by atoms with Crippen LogP contribution >= 0.6 is 24.8 Å². The number of hydrogen-bond acceptors (Lipinski definition) is 2. The Balaban J connectivity index is 2.53. The highest BCUT2D eigenvalue weighted by Gasteiger charge is 1.92. The van der Waals surface area contributed by atoms with Gasteiger partial charge in [-0.25, -0.2) is 0 Å². The van der Waals surface area contributed by atoms with Crippen molar-refractivity contribution in [2.24, 2.45) is 0 Å². The number of rotatable bonds is 2. The first-order valence-corrected chi connectivity index (χ1v) is 4.29. The van der Waals surface area contributed by atoms with E-state index in [0.29, 0.717) is 10.9 Å². The van der Waals surface area contributed by atoms with Gasteiger partial charge in [0.1, 0.15) is 10.1 Å². The zero-order valence-corrected chi connectivity index (χ0v) is 8.03. The molecule has 1 aromatic rings. The Morgan fingerprint density at radius 1 is 1.42 bits per heavy atom. The van der Waals surface area contributed by atoms with Crippen molar-refractivity contribution in [3.8, 4) is 5.75 Å². The van der Waals surface area contributed by atoms with Crippen LogP contribution in [0, 0.1) is 0 Å². The molecular formula is C8H9NOS2. The minimum Gasteiger partial charge on any atom is -0.508 e. The van der Waals surface area contributed by atoms with Crippen LogP contribution in [-0.2, 0) is 6.54 Å². The highest BCUT2D eigenvalue weighted by atomic mass is 32.1. The van der Waals surface area contributed by atoms with Crippen molar-refractivity contribution in [2.45, 2.75) is 6.54 Å². The third kappa shape index (κ3) is 3.11. The molecule has 0 aliphatic heterocycles. The first kappa shape index (κ1) is 9.35. The summed E-state index contributed by atoms with van der Waals surface area (Å²) in [5.74, 6) is 0.271. The van der Waals surface area contributed by atoms with Crippen LogP contribution in [0.5, 0.6) is 5.75 Å². The minimum absolute atomic E-state index is 0.271. The molecule has 0 aliphatic rings. The van der Waals surface area contributed by atoms with Crippen LogP contribution < -0.4 is 5.32 Å². The Labute approximate surface area is 82.0 Å². The number of aromatic hydroxyl groups is 1. The fourth-order valence-corrected chi connectivity index (χ4v) is 0.943. The van der Waals surface area contributed by atoms with Gasteiger partial charge in [0.15, 0.2) is 0 Å². The van der Waals surface area contributed by atoms with Crippen LogP contribution in [0.4, 0.5) is 0 Å². The van der Waals surface area contributed by atoms with Crippen LogP contribution in [0.3, 0.4) is 0 Å². The summed E-state index contributed by atoms with van der Waals surface area (Å²) in [6, 6.07) is 6.93. The molecule has 0 spiro atoms. The topological polar surface area (TPSA) is 32.3 Å². The lowest BCUT2D eigenvalue weighted by Crippen LogP contribution is -2.14. The van der Waals surface area contributed by atoms with Gasteiger partial charge >= 0.3 is 0 Å². The molecule has 0 saturated heterocycles. The van der Waals surface area contributed by atoms with E-state index in [9.17, 15) is 0 Å². The predicted octanol–water partition coefficient (Wildman–Crippen LogP) is 1.70. The Kier molecular flexibility index (Phi) is 3.37. The zero-order valence-electron chi connectivity index (χ0n) is 6.32. The number of thiocarbonyl (C=S) groups is 1. The van der Waals surface area contributed by atoms with Gasteiger partial charge in [-0.15, -0.1) is 12.6 Å². The highest BCUT2D eigenvalue weighted by Crippen LogP contribution is 2.09. The predicted molar refractivity (Wildman–Crippen MR) is 56.5 cm³/mol. The van der Waals surface area contributed by atoms with Gasteiger partial charge in [-0.05, 0) is 17.7 Å². The molecule has 4 heteroatoms. The molecule has 0 atom stereocenters. The van der Waals surface area contributed by atoms with Crippen molar-refractivity contribution < 1.29 is 5.11 Å². The Bertz CT molecular complexity index is 271. The summed E-state index contributed by atoms with van der Waals surface area (Å²) in [6.07, 6.45) is 0. The Morgan fingerprint density at radius 2 is 2.00 bits per heavy atom. The van der Waals surface area contributed by atoms with Crippen LogP contribution in [-0.4, -0.2) is 9.43 Å². The largest absolute Gasteiger partial charge is 0.508 e. The van der Waals surface area contributed by atoms with Gasteiger partial charge in [-0.1, -0.05) is 24.4 Å². The lowest BCUT2D eigenvalue weighted by molar-refractivity contribution is 0.475. The van der Waals surface area contributed by atoms with Crippen LogP contribution in [0.1, 0.15) is 5.56 Å². The fraction of sp³-hybridized carbons (Fsp3) is 0.125. The van der Waals surface area contributed by atoms with Gasteiger partial charge in [-0.2, -0.15) is 0 Å². The van der Waals surface area contributed by atoms with E-state index < -0.39 is 0 Å². The molecule has 0 aliphatic carbocycles. The lowest BCUT2D eigenvalue weighted by Gasteiger charge is -2.02. The first-order valence-electron chi connectivity index (χ1n) is 3.43. The van der Waals surface area contributed by atoms with Crippen LogP contribution in [0.25, 0.3) is 0 Å². The average molecular weight is 199 g/mol. The van der Waals surface area contributed by atoms with Gasteiger partial charge in [0.05, 0.1) is 0 Å². The Hall–Kier alpha value is -0.740. The number of hydrogen-bond donors (Lipinski definition) is 3. The van der Waals surface area contributed by atoms with Gasteiger partial charge in [0, 0.05) is 6.54 Å². The molecule has 0 aromatic heterocycles. The molecule has 1 rings (SSSR count). The van der Waals surface area contributed by atoms with Crippen molar-refractivity contribution in [3.05, 3.63) is 29.8 Å². The molecule has 1 aromatic carbocycles. The van der Waals surface area contributed by atoms with E-state index in [1.165, 1.54) is 0 Å². The second-order valence-corrected chi connectivity index (χ2v) is 3.48. The molecule has 0 heterocycles. The minimum atomic E-state index is 0.271. The zero-order chi connectivity index (χ0) is 8.97. The standard InChI is InChI=1S/C8H9NOS2/c10-7-3-1-6(2-4-7)5-9-8(11)12/h1-4,10H,5H2,(H2,9,11,12). The van der Waals surface area contributed by atoms with E-state index >= 15 is 0 Å².